The van der Waals surface area contributed by atoms with Gasteiger partial charge in [0, 0.05) is 0 Å². The molecule has 2 aromatic rings. The summed E-state index contributed by atoms with van der Waals surface area (Å²) < 4.78 is 0. The van der Waals surface area contributed by atoms with E-state index in [0.29, 0.717) is 0 Å². The smallest absolute Gasteiger partial charge is 0.373 e. The molecule has 0 bridgehead atoms. The molecule has 0 nitrogen and oxygen atoms in total. The molecule has 0 aliphatic carbocycles. The van der Waals surface area contributed by atoms with Gasteiger partial charge < -0.3 is 23.3 Å². The third-order valence-corrected chi connectivity index (χ3v) is 3.65. The van der Waals surface area contributed by atoms with E-state index >= 15 is 0 Å². The molecule has 0 spiro atoms. The maximum absolute atomic E-state index is 3.58. The van der Waals surface area contributed by atoms with Gasteiger partial charge in [-0.05, 0) is 0 Å². The van der Waals surface area contributed by atoms with Gasteiger partial charge in [-0.25, -0.2) is 24.3 Å². The molecular formula is C26H38Zr. The summed E-state index contributed by atoms with van der Waals surface area (Å²) in [6.07, 6.45) is 16.5. The minimum atomic E-state index is 0. The van der Waals surface area contributed by atoms with Gasteiger partial charge in [-0.3, -0.25) is 0 Å². The van der Waals surface area contributed by atoms with Crippen molar-refractivity contribution in [3.05, 3.63) is 84.0 Å². The maximum Gasteiger partial charge on any atom is 4.00 e. The maximum atomic E-state index is 3.58. The zero-order valence-electron chi connectivity index (χ0n) is 17.9. The molecule has 0 fully saturated rings. The Balaban J connectivity index is 0. The van der Waals surface area contributed by atoms with Crippen LogP contribution in [0.4, 0.5) is 0 Å². The van der Waals surface area contributed by atoms with Crippen molar-refractivity contribution in [1.82, 2.24) is 0 Å². The van der Waals surface area contributed by atoms with Crippen LogP contribution in [0.1, 0.15) is 79.1 Å². The molecule has 146 valence electrons. The normalized spacial score (nSPS) is 10.8. The van der Waals surface area contributed by atoms with Gasteiger partial charge in [0.2, 0.25) is 0 Å². The van der Waals surface area contributed by atoms with Crippen LogP contribution in [0.25, 0.3) is 0 Å². The summed E-state index contributed by atoms with van der Waals surface area (Å²) in [6.45, 7) is 8.93. The van der Waals surface area contributed by atoms with Crippen LogP contribution < -0.4 is 0 Å². The summed E-state index contributed by atoms with van der Waals surface area (Å²) in [4.78, 5) is 0. The fourth-order valence-corrected chi connectivity index (χ4v) is 2.39. The van der Waals surface area contributed by atoms with Crippen LogP contribution in [0.5, 0.6) is 0 Å². The Hall–Kier alpha value is -0.937. The van der Waals surface area contributed by atoms with Gasteiger partial charge in [0.15, 0.2) is 0 Å². The Bertz CT molecular complexity index is 430. The molecule has 0 aliphatic rings. The van der Waals surface area contributed by atoms with Crippen molar-refractivity contribution in [2.24, 2.45) is 0 Å². The van der Waals surface area contributed by atoms with Crippen molar-refractivity contribution in [2.45, 2.75) is 79.1 Å². The zero-order valence-corrected chi connectivity index (χ0v) is 20.4. The minimum absolute atomic E-state index is 0. The summed E-state index contributed by atoms with van der Waals surface area (Å²) in [5, 5.41) is 0. The van der Waals surface area contributed by atoms with E-state index in [-0.39, 0.29) is 26.2 Å². The van der Waals surface area contributed by atoms with E-state index in [1.54, 1.807) is 0 Å². The molecule has 0 atom stereocenters. The van der Waals surface area contributed by atoms with Gasteiger partial charge in [0.25, 0.3) is 0 Å². The molecule has 0 amide bonds. The number of rotatable bonds is 9. The summed E-state index contributed by atoms with van der Waals surface area (Å²) in [5.74, 6) is 0. The number of hydrogen-bond donors (Lipinski definition) is 0. The van der Waals surface area contributed by atoms with Crippen molar-refractivity contribution in [3.63, 3.8) is 0 Å². The van der Waals surface area contributed by atoms with E-state index in [2.05, 4.69) is 39.8 Å². The van der Waals surface area contributed by atoms with Gasteiger partial charge in [0.1, 0.15) is 0 Å². The molecule has 0 aliphatic heterocycles. The average molecular weight is 442 g/mol. The van der Waals surface area contributed by atoms with Crippen LogP contribution in [0.2, 0.25) is 0 Å². The van der Waals surface area contributed by atoms with Crippen molar-refractivity contribution in [1.29, 1.82) is 0 Å². The average Bonchev–Trinajstić information content (AvgIpc) is 3.40. The van der Waals surface area contributed by atoms with E-state index < -0.39 is 0 Å². The molecule has 0 aromatic heterocycles. The van der Waals surface area contributed by atoms with E-state index in [1.807, 2.05) is 60.7 Å². The van der Waals surface area contributed by atoms with Gasteiger partial charge in [-0.1, -0.05) is 53.4 Å². The third-order valence-electron chi connectivity index (χ3n) is 3.65. The van der Waals surface area contributed by atoms with Crippen molar-refractivity contribution < 1.29 is 26.2 Å². The van der Waals surface area contributed by atoms with Gasteiger partial charge >= 0.3 is 26.2 Å². The molecule has 27 heavy (non-hydrogen) atoms. The molecule has 0 heterocycles. The van der Waals surface area contributed by atoms with Crippen LogP contribution in [0.15, 0.2) is 71.8 Å². The van der Waals surface area contributed by atoms with Gasteiger partial charge in [-0.2, -0.15) is 36.4 Å². The second-order valence-corrected chi connectivity index (χ2v) is 6.24. The molecule has 0 N–H and O–H groups in total. The van der Waals surface area contributed by atoms with E-state index in [0.717, 1.165) is 12.8 Å². The summed E-state index contributed by atoms with van der Waals surface area (Å²) >= 11 is 0. The first-order valence-corrected chi connectivity index (χ1v) is 10.3. The predicted octanol–water partition coefficient (Wildman–Crippen LogP) is 8.45. The topological polar surface area (TPSA) is 0 Å². The number of allylic oxidation sites excluding steroid dienone is 4. The van der Waals surface area contributed by atoms with Crippen LogP contribution in [-0.4, -0.2) is 0 Å². The van der Waals surface area contributed by atoms with E-state index in [1.165, 1.54) is 49.7 Å². The fraction of sp³-hybridized carbons (Fsp3) is 0.462. The van der Waals surface area contributed by atoms with Crippen LogP contribution >= 0.6 is 0 Å². The summed E-state index contributed by atoms with van der Waals surface area (Å²) in [5.41, 5.74) is 2.89. The first-order chi connectivity index (χ1) is 12.8. The molecule has 0 unspecified atom stereocenters. The Morgan fingerprint density at radius 2 is 0.926 bits per heavy atom. The van der Waals surface area contributed by atoms with Crippen molar-refractivity contribution in [3.8, 4) is 0 Å². The summed E-state index contributed by atoms with van der Waals surface area (Å²) in [7, 11) is 0. The minimum Gasteiger partial charge on any atom is -0.373 e. The summed E-state index contributed by atoms with van der Waals surface area (Å²) in [6, 6.07) is 20.0. The third kappa shape index (κ3) is 18.2. The molecule has 0 saturated heterocycles. The Kier molecular flexibility index (Phi) is 24.2. The monoisotopic (exact) mass is 440 g/mol. The number of hydrogen-bond acceptors (Lipinski definition) is 0. The Morgan fingerprint density at radius 1 is 0.593 bits per heavy atom. The van der Waals surface area contributed by atoms with Crippen molar-refractivity contribution >= 4 is 0 Å². The second kappa shape index (κ2) is 23.1. The molecule has 2 aromatic carbocycles. The Morgan fingerprint density at radius 3 is 1.11 bits per heavy atom. The van der Waals surface area contributed by atoms with E-state index in [4.69, 9.17) is 0 Å². The molecule has 1 heteroatoms. The van der Waals surface area contributed by atoms with Crippen molar-refractivity contribution in [2.75, 3.05) is 0 Å². The molecule has 0 saturated carbocycles. The Labute approximate surface area is 188 Å². The fourth-order valence-electron chi connectivity index (χ4n) is 2.39. The largest absolute Gasteiger partial charge is 4.00 e. The van der Waals surface area contributed by atoms with Crippen LogP contribution in [0.3, 0.4) is 0 Å². The molecular weight excluding hydrogens is 404 g/mol. The number of unbranched alkanes of at least 4 members (excludes halogenated alkanes) is 2. The first kappa shape index (κ1) is 28.3. The predicted molar refractivity (Wildman–Crippen MR) is 117 cm³/mol. The van der Waals surface area contributed by atoms with Gasteiger partial charge in [-0.15, -0.1) is 25.7 Å². The SMILES string of the molecule is CCC[C-]=C(CCC)C(=[C-]CCC)CCC.[Zr+4].c1cc[cH-]c1.c1cc[cH-]c1. The van der Waals surface area contributed by atoms with E-state index in [9.17, 15) is 0 Å². The van der Waals surface area contributed by atoms with Crippen LogP contribution in [-0.2, 0) is 26.2 Å². The van der Waals surface area contributed by atoms with Crippen LogP contribution in [0, 0.1) is 12.2 Å². The zero-order chi connectivity index (χ0) is 19.3. The molecule has 0 radical (unpaired) electrons. The quantitative estimate of drug-likeness (QED) is 0.270. The first-order valence-electron chi connectivity index (χ1n) is 10.3. The molecule has 2 rings (SSSR count). The second-order valence-electron chi connectivity index (χ2n) is 6.24. The standard InChI is InChI=1S/C16H28.2C5H5.Zr/c1-5-9-13-15(11-7-3)16(12-8-4)14-10-6-2;2*1-2-4-5-3-1;/h5-12H2,1-4H3;2*1-5H;/q-2;2*-1;+4. The van der Waals surface area contributed by atoms with Gasteiger partial charge in [0.05, 0.1) is 0 Å².